The second-order valence-corrected chi connectivity index (χ2v) is 15.1. The van der Waals surface area contributed by atoms with E-state index in [1.54, 1.807) is 6.20 Å². The number of nitrogens with zero attached hydrogens (tertiary/aromatic N) is 3. The second-order valence-electron chi connectivity index (χ2n) is 13.4. The van der Waals surface area contributed by atoms with Crippen LogP contribution < -0.4 is 14.8 Å². The number of carbonyl (C=O) groups excluding carboxylic acids is 1. The first-order valence-corrected chi connectivity index (χ1v) is 20.8. The van der Waals surface area contributed by atoms with Crippen molar-refractivity contribution < 1.29 is 99.4 Å². The van der Waals surface area contributed by atoms with E-state index in [0.29, 0.717) is 17.9 Å². The van der Waals surface area contributed by atoms with E-state index in [2.05, 4.69) is 20.4 Å². The smallest absolute Gasteiger partial charge is 0.325 e. The van der Waals surface area contributed by atoms with E-state index in [9.17, 15) is 51.7 Å². The van der Waals surface area contributed by atoms with Crippen LogP contribution >= 0.6 is 7.60 Å². The summed E-state index contributed by atoms with van der Waals surface area (Å²) in [6.07, 6.45) is -8.95. The van der Waals surface area contributed by atoms with Crippen molar-refractivity contribution >= 4 is 19.2 Å². The van der Waals surface area contributed by atoms with Gasteiger partial charge in [-0.15, -0.1) is 5.10 Å². The van der Waals surface area contributed by atoms with Crippen molar-refractivity contribution in [3.63, 3.8) is 0 Å². The number of rotatable bonds is 28. The van der Waals surface area contributed by atoms with Gasteiger partial charge in [-0.05, 0) is 30.7 Å². The molecule has 0 saturated carbocycles. The Labute approximate surface area is 350 Å². The number of hydrogen-bond donors (Lipinski definition) is 7. The number of nitrogens with one attached hydrogen (secondary N) is 1. The molecule has 0 bridgehead atoms. The molecule has 0 aliphatic carbocycles. The molecule has 1 unspecified atom stereocenters. The molecule has 26 heteroatoms. The maximum Gasteiger partial charge on any atom is 0.325 e. The molecule has 1 aromatic heterocycles. The number of halogens is 5. The Morgan fingerprint density at radius 3 is 2.02 bits per heavy atom. The summed E-state index contributed by atoms with van der Waals surface area (Å²) in [5.74, 6) is -12.9. The number of carbonyl (C=O) groups is 1. The van der Waals surface area contributed by atoms with E-state index in [4.69, 9.17) is 42.9 Å². The van der Waals surface area contributed by atoms with Gasteiger partial charge in [0.2, 0.25) is 41.3 Å². The maximum absolute atomic E-state index is 13.7. The molecule has 0 spiro atoms. The molecule has 6 atom stereocenters. The summed E-state index contributed by atoms with van der Waals surface area (Å²) >= 11 is 0. The van der Waals surface area contributed by atoms with Crippen LogP contribution in [0.3, 0.4) is 0 Å². The molecule has 2 aromatic carbocycles. The molecule has 2 heterocycles. The molecule has 1 aliphatic heterocycles. The minimum Gasteiger partial charge on any atom is -0.462 e. The highest BCUT2D eigenvalue weighted by Crippen LogP contribution is 2.37. The fourth-order valence-electron chi connectivity index (χ4n) is 5.37. The number of anilines is 1. The van der Waals surface area contributed by atoms with E-state index in [0.717, 1.165) is 0 Å². The lowest BCUT2D eigenvalue weighted by Gasteiger charge is -2.40. The van der Waals surface area contributed by atoms with Crippen LogP contribution in [0.1, 0.15) is 25.0 Å². The van der Waals surface area contributed by atoms with Gasteiger partial charge in [-0.2, -0.15) is 8.78 Å². The number of hydrogen-bond acceptors (Lipinski definition) is 16. The number of ether oxygens (including phenoxy) is 8. The maximum atomic E-state index is 13.7. The van der Waals surface area contributed by atoms with Crippen LogP contribution in [0.15, 0.2) is 30.5 Å². The first kappa shape index (κ1) is 50.7. The molecule has 4 rings (SSSR count). The SMILES string of the molecule is O=C(CCOCCOCCOCc1cn(CCOCCOCCC(O)Oc2c(F)c(F)c(F)c(F)c2F)nn1)Nc1ccc(O[C@H]2O[C@H](CCP(=O)(O)O)[C@@H](O)[C@H](O)[C@@H]2O)cc1. The quantitative estimate of drug-likeness (QED) is 0.0134. The largest absolute Gasteiger partial charge is 0.462 e. The van der Waals surface area contributed by atoms with E-state index in [1.165, 1.54) is 28.9 Å². The predicted octanol–water partition coefficient (Wildman–Crippen LogP) is 1.13. The Bertz CT molecular complexity index is 1850. The molecule has 1 amide bonds. The highest BCUT2D eigenvalue weighted by Gasteiger charge is 2.45. The van der Waals surface area contributed by atoms with Gasteiger partial charge >= 0.3 is 7.60 Å². The number of aliphatic hydroxyl groups is 4. The van der Waals surface area contributed by atoms with Crippen molar-refractivity contribution in [3.8, 4) is 11.5 Å². The second kappa shape index (κ2) is 25.4. The highest BCUT2D eigenvalue weighted by atomic mass is 31.2. The average molecular weight is 919 g/mol. The Morgan fingerprint density at radius 2 is 1.37 bits per heavy atom. The van der Waals surface area contributed by atoms with E-state index >= 15 is 0 Å². The first-order chi connectivity index (χ1) is 29.5. The third kappa shape index (κ3) is 16.6. The minimum absolute atomic E-state index is 0.0532. The average Bonchev–Trinajstić information content (AvgIpc) is 3.70. The fourth-order valence-corrected chi connectivity index (χ4v) is 5.96. The highest BCUT2D eigenvalue weighted by molar-refractivity contribution is 7.51. The molecular weight excluding hydrogens is 870 g/mol. The summed E-state index contributed by atoms with van der Waals surface area (Å²) in [7, 11) is -4.40. The molecule has 20 nitrogen and oxygen atoms in total. The van der Waals surface area contributed by atoms with Crippen molar-refractivity contribution in [1.29, 1.82) is 0 Å². The monoisotopic (exact) mass is 918 g/mol. The van der Waals surface area contributed by atoms with Crippen molar-refractivity contribution in [2.75, 3.05) is 70.9 Å². The van der Waals surface area contributed by atoms with Crippen LogP contribution in [-0.4, -0.2) is 154 Å². The third-order valence-corrected chi connectivity index (χ3v) is 9.43. The zero-order chi connectivity index (χ0) is 45.2. The van der Waals surface area contributed by atoms with E-state index < -0.39 is 85.6 Å². The van der Waals surface area contributed by atoms with Crippen molar-refractivity contribution in [2.24, 2.45) is 0 Å². The van der Waals surface area contributed by atoms with Gasteiger partial charge in [0.15, 0.2) is 12.0 Å². The van der Waals surface area contributed by atoms with Crippen LogP contribution in [0.4, 0.5) is 27.6 Å². The lowest BCUT2D eigenvalue weighted by atomic mass is 9.97. The Kier molecular flexibility index (Phi) is 20.7. The minimum atomic E-state index is -4.40. The summed E-state index contributed by atoms with van der Waals surface area (Å²) in [6, 6.07) is 5.97. The Morgan fingerprint density at radius 1 is 0.790 bits per heavy atom. The van der Waals surface area contributed by atoms with Crippen LogP contribution in [0.25, 0.3) is 0 Å². The number of aliphatic hydroxyl groups excluding tert-OH is 4. The van der Waals surface area contributed by atoms with Gasteiger partial charge in [0, 0.05) is 12.1 Å². The number of benzene rings is 2. The molecule has 1 saturated heterocycles. The molecule has 0 radical (unpaired) electrons. The lowest BCUT2D eigenvalue weighted by Crippen LogP contribution is -2.59. The molecular formula is C36H48F5N4O16P. The zero-order valence-electron chi connectivity index (χ0n) is 32.9. The van der Waals surface area contributed by atoms with Crippen LogP contribution in [-0.2, 0) is 50.9 Å². The Hall–Kier alpha value is -3.95. The van der Waals surface area contributed by atoms with Gasteiger partial charge in [0.25, 0.3) is 0 Å². The van der Waals surface area contributed by atoms with Gasteiger partial charge in [-0.1, -0.05) is 5.21 Å². The lowest BCUT2D eigenvalue weighted by molar-refractivity contribution is -0.272. The zero-order valence-corrected chi connectivity index (χ0v) is 33.8. The van der Waals surface area contributed by atoms with Gasteiger partial charge in [-0.3, -0.25) is 9.36 Å². The summed E-state index contributed by atoms with van der Waals surface area (Å²) in [5, 5.41) is 51.0. The predicted molar refractivity (Wildman–Crippen MR) is 199 cm³/mol. The number of aromatic nitrogens is 3. The molecule has 1 fully saturated rings. The van der Waals surface area contributed by atoms with Crippen molar-refractivity contribution in [1.82, 2.24) is 15.0 Å². The van der Waals surface area contributed by atoms with Crippen LogP contribution in [0.2, 0.25) is 0 Å². The topological polar surface area (TPSA) is 272 Å². The molecule has 3 aromatic rings. The summed E-state index contributed by atoms with van der Waals surface area (Å²) in [5.41, 5.74) is 0.995. The van der Waals surface area contributed by atoms with Gasteiger partial charge in [0.05, 0.1) is 97.5 Å². The number of amides is 1. The summed E-state index contributed by atoms with van der Waals surface area (Å²) in [6.45, 7) is 1.97. The summed E-state index contributed by atoms with van der Waals surface area (Å²) in [4.78, 5) is 30.5. The third-order valence-electron chi connectivity index (χ3n) is 8.59. The van der Waals surface area contributed by atoms with E-state index in [1.807, 2.05) is 0 Å². The Balaban J connectivity index is 0.959. The molecule has 7 N–H and O–H groups in total. The van der Waals surface area contributed by atoms with E-state index in [-0.39, 0.29) is 97.0 Å². The van der Waals surface area contributed by atoms with Gasteiger partial charge in [-0.25, -0.2) is 17.9 Å². The first-order valence-electron chi connectivity index (χ1n) is 19.0. The fraction of sp³-hybridized carbons (Fsp3) is 0.583. The normalized spacial score (nSPS) is 19.7. The van der Waals surface area contributed by atoms with Crippen LogP contribution in [0.5, 0.6) is 11.5 Å². The van der Waals surface area contributed by atoms with Crippen LogP contribution in [0, 0.1) is 29.1 Å². The molecule has 62 heavy (non-hydrogen) atoms. The van der Waals surface area contributed by atoms with Gasteiger partial charge < -0.3 is 73.4 Å². The molecule has 1 aliphatic rings. The standard InChI is InChI=1S/C36H48F5N4O16P/c37-27-28(38)30(40)35(31(41)29(27)39)61-26(47)6-10-55-12-14-56-11-8-45-19-22(43-44-45)20-58-17-16-57-15-13-54-9-5-25(46)42-21-1-3-23(4-2-21)59-36-34(50)33(49)32(48)24(60-36)7-18-62(51,52)53/h1-4,19,24,26,32-34,36,47-50H,5-18,20H2,(H,42,46)(H2,51,52,53)/t24-,26?,32-,33+,34+,36+/m1/s1. The molecule has 348 valence electrons. The van der Waals surface area contributed by atoms with Crippen molar-refractivity contribution in [3.05, 3.63) is 65.2 Å². The summed E-state index contributed by atoms with van der Waals surface area (Å²) < 4.78 is 122. The van der Waals surface area contributed by atoms with Crippen molar-refractivity contribution in [2.45, 2.75) is 69.4 Å². The van der Waals surface area contributed by atoms with Gasteiger partial charge in [0.1, 0.15) is 29.8 Å².